The minimum atomic E-state index is -1.26. The van der Waals surface area contributed by atoms with Crippen LogP contribution in [-0.4, -0.2) is 39.3 Å². The first kappa shape index (κ1) is 17.7. The number of hydrogen-bond donors (Lipinski definition) is 2. The summed E-state index contributed by atoms with van der Waals surface area (Å²) in [7, 11) is 0. The van der Waals surface area contributed by atoms with E-state index in [1.165, 1.54) is 0 Å². The molecule has 1 atom stereocenters. The molecule has 3 rings (SSSR count). The number of ketones is 1. The molecule has 7 heteroatoms. The number of amides is 1. The van der Waals surface area contributed by atoms with E-state index in [1.807, 2.05) is 0 Å². The van der Waals surface area contributed by atoms with Gasteiger partial charge in [-0.15, -0.1) is 0 Å². The molecule has 0 saturated carbocycles. The Morgan fingerprint density at radius 3 is 2.19 bits per heavy atom. The number of aliphatic hydroxyl groups excluding tert-OH is 1. The number of rotatable bonds is 4. The predicted octanol–water partition coefficient (Wildman–Crippen LogP) is 2.85. The van der Waals surface area contributed by atoms with Crippen LogP contribution in [0.2, 0.25) is 5.02 Å². The van der Waals surface area contributed by atoms with Crippen LogP contribution in [0.5, 0.6) is 0 Å². The highest BCUT2D eigenvalue weighted by Crippen LogP contribution is 2.39. The first-order chi connectivity index (χ1) is 12.4. The second-order valence-corrected chi connectivity index (χ2v) is 6.17. The van der Waals surface area contributed by atoms with E-state index in [4.69, 9.17) is 16.7 Å². The molecule has 0 radical (unpaired) electrons. The fourth-order valence-electron chi connectivity index (χ4n) is 2.93. The summed E-state index contributed by atoms with van der Waals surface area (Å²) in [5, 5.41) is 20.2. The van der Waals surface area contributed by atoms with Crippen LogP contribution in [0.4, 0.5) is 0 Å². The highest BCUT2D eigenvalue weighted by Gasteiger charge is 2.46. The van der Waals surface area contributed by atoms with E-state index >= 15 is 0 Å². The second-order valence-electron chi connectivity index (χ2n) is 5.74. The number of aliphatic carboxylic acids is 1. The van der Waals surface area contributed by atoms with Crippen LogP contribution in [0, 0.1) is 0 Å². The van der Waals surface area contributed by atoms with E-state index in [-0.39, 0.29) is 11.3 Å². The molecule has 0 spiro atoms. The molecule has 2 N–H and O–H groups in total. The lowest BCUT2D eigenvalue weighted by molar-refractivity contribution is -0.146. The number of nitrogens with zero attached hydrogens (tertiary/aromatic N) is 1. The Morgan fingerprint density at radius 2 is 1.62 bits per heavy atom. The van der Waals surface area contributed by atoms with Crippen molar-refractivity contribution in [3.63, 3.8) is 0 Å². The summed E-state index contributed by atoms with van der Waals surface area (Å²) in [6.07, 6.45) is 0. The van der Waals surface area contributed by atoms with Crippen LogP contribution in [0.25, 0.3) is 5.76 Å². The van der Waals surface area contributed by atoms with Gasteiger partial charge in [-0.1, -0.05) is 54.1 Å². The number of Topliss-reactive ketones (excluding diaryl/α,β-unsaturated/α-hetero) is 1. The van der Waals surface area contributed by atoms with Gasteiger partial charge in [0.1, 0.15) is 12.3 Å². The number of hydrogen-bond acceptors (Lipinski definition) is 4. The van der Waals surface area contributed by atoms with Crippen LogP contribution in [0.1, 0.15) is 17.2 Å². The average molecular weight is 372 g/mol. The number of carbonyl (C=O) groups is 3. The van der Waals surface area contributed by atoms with E-state index in [1.54, 1.807) is 54.6 Å². The van der Waals surface area contributed by atoms with Crippen molar-refractivity contribution in [2.45, 2.75) is 6.04 Å². The molecule has 6 nitrogen and oxygen atoms in total. The van der Waals surface area contributed by atoms with Gasteiger partial charge in [-0.3, -0.25) is 14.4 Å². The molecular weight excluding hydrogens is 358 g/mol. The third-order valence-corrected chi connectivity index (χ3v) is 4.33. The molecule has 1 aliphatic rings. The maximum atomic E-state index is 12.5. The Kier molecular flexibility index (Phi) is 4.77. The molecular formula is C19H14ClNO5. The van der Waals surface area contributed by atoms with Crippen LogP contribution in [-0.2, 0) is 14.4 Å². The third kappa shape index (κ3) is 3.19. The summed E-state index contributed by atoms with van der Waals surface area (Å²) < 4.78 is 0. The zero-order valence-electron chi connectivity index (χ0n) is 13.4. The van der Waals surface area contributed by atoms with E-state index in [0.29, 0.717) is 16.1 Å². The molecule has 0 aromatic heterocycles. The van der Waals surface area contributed by atoms with Gasteiger partial charge >= 0.3 is 5.97 Å². The Bertz CT molecular complexity index is 905. The zero-order chi connectivity index (χ0) is 18.8. The molecule has 0 aliphatic carbocycles. The van der Waals surface area contributed by atoms with Crippen molar-refractivity contribution in [1.29, 1.82) is 0 Å². The average Bonchev–Trinajstić information content (AvgIpc) is 2.87. The molecule has 1 fully saturated rings. The molecule has 1 amide bonds. The van der Waals surface area contributed by atoms with Gasteiger partial charge in [0, 0.05) is 10.6 Å². The Labute approximate surface area is 153 Å². The maximum Gasteiger partial charge on any atom is 0.323 e. The summed E-state index contributed by atoms with van der Waals surface area (Å²) in [6, 6.07) is 13.6. The normalized spacial score (nSPS) is 19.0. The Morgan fingerprint density at radius 1 is 1.00 bits per heavy atom. The van der Waals surface area contributed by atoms with Crippen molar-refractivity contribution in [2.75, 3.05) is 6.54 Å². The molecule has 1 aliphatic heterocycles. The topological polar surface area (TPSA) is 94.9 Å². The number of carboxylic acids is 1. The maximum absolute atomic E-state index is 12.5. The van der Waals surface area contributed by atoms with Crippen LogP contribution in [0.3, 0.4) is 0 Å². The monoisotopic (exact) mass is 371 g/mol. The smallest absolute Gasteiger partial charge is 0.323 e. The van der Waals surface area contributed by atoms with Crippen molar-refractivity contribution in [1.82, 2.24) is 4.90 Å². The highest BCUT2D eigenvalue weighted by molar-refractivity contribution is 6.46. The highest BCUT2D eigenvalue weighted by atomic mass is 35.5. The molecule has 26 heavy (non-hydrogen) atoms. The van der Waals surface area contributed by atoms with Gasteiger partial charge in [0.05, 0.1) is 11.6 Å². The molecule has 1 heterocycles. The van der Waals surface area contributed by atoms with Gasteiger partial charge in [0.2, 0.25) is 0 Å². The molecule has 2 aromatic carbocycles. The molecule has 1 saturated heterocycles. The fraction of sp³-hybridized carbons (Fsp3) is 0.105. The minimum absolute atomic E-state index is 0.148. The van der Waals surface area contributed by atoms with E-state index < -0.39 is 30.2 Å². The zero-order valence-corrected chi connectivity index (χ0v) is 14.2. The third-order valence-electron chi connectivity index (χ3n) is 4.08. The van der Waals surface area contributed by atoms with Crippen LogP contribution < -0.4 is 0 Å². The van der Waals surface area contributed by atoms with E-state index in [9.17, 15) is 19.5 Å². The summed E-state index contributed by atoms with van der Waals surface area (Å²) in [5.74, 6) is -3.50. The number of carbonyl (C=O) groups excluding carboxylic acids is 2. The van der Waals surface area contributed by atoms with Gasteiger partial charge in [0.15, 0.2) is 0 Å². The number of halogens is 1. The van der Waals surface area contributed by atoms with Gasteiger partial charge in [0.25, 0.3) is 11.7 Å². The van der Waals surface area contributed by atoms with Crippen molar-refractivity contribution < 1.29 is 24.6 Å². The number of likely N-dealkylation sites (tertiary alicyclic amines) is 1. The van der Waals surface area contributed by atoms with Crippen LogP contribution in [0.15, 0.2) is 60.2 Å². The number of benzene rings is 2. The second kappa shape index (κ2) is 7.01. The quantitative estimate of drug-likeness (QED) is 0.489. The lowest BCUT2D eigenvalue weighted by atomic mass is 9.95. The molecule has 0 unspecified atom stereocenters. The van der Waals surface area contributed by atoms with E-state index in [2.05, 4.69) is 0 Å². The first-order valence-corrected chi connectivity index (χ1v) is 8.09. The van der Waals surface area contributed by atoms with Gasteiger partial charge < -0.3 is 15.1 Å². The molecule has 0 bridgehead atoms. The number of aliphatic hydroxyl groups is 1. The van der Waals surface area contributed by atoms with Crippen molar-refractivity contribution in [2.24, 2.45) is 0 Å². The van der Waals surface area contributed by atoms with Gasteiger partial charge in [-0.25, -0.2) is 0 Å². The van der Waals surface area contributed by atoms with Crippen molar-refractivity contribution in [3.05, 3.63) is 76.3 Å². The lowest BCUT2D eigenvalue weighted by Crippen LogP contribution is -2.34. The summed E-state index contributed by atoms with van der Waals surface area (Å²) in [6.45, 7) is -0.663. The molecule has 132 valence electrons. The Balaban J connectivity index is 2.19. The van der Waals surface area contributed by atoms with E-state index in [0.717, 1.165) is 4.90 Å². The molecule has 2 aromatic rings. The van der Waals surface area contributed by atoms with Gasteiger partial charge in [-0.2, -0.15) is 0 Å². The largest absolute Gasteiger partial charge is 0.507 e. The summed E-state index contributed by atoms with van der Waals surface area (Å²) in [4.78, 5) is 37.0. The number of carboxylic acid groups (broad SMARTS) is 1. The van der Waals surface area contributed by atoms with Crippen molar-refractivity contribution in [3.8, 4) is 0 Å². The lowest BCUT2D eigenvalue weighted by Gasteiger charge is -2.23. The minimum Gasteiger partial charge on any atom is -0.507 e. The predicted molar refractivity (Wildman–Crippen MR) is 94.5 cm³/mol. The van der Waals surface area contributed by atoms with Crippen LogP contribution >= 0.6 is 11.6 Å². The summed E-state index contributed by atoms with van der Waals surface area (Å²) in [5.41, 5.74) is 0.692. The summed E-state index contributed by atoms with van der Waals surface area (Å²) >= 11 is 5.89. The first-order valence-electron chi connectivity index (χ1n) is 7.71. The standard InChI is InChI=1S/C19H14ClNO5/c20-13-8-6-11(7-9-13)16-15(17(24)12-4-2-1-3-5-12)18(25)19(26)21(16)10-14(22)23/h1-9,16,24H,10H2,(H,22,23)/b17-15+/t16-/m0/s1. The SMILES string of the molecule is O=C(O)CN1C(=O)C(=O)/C(=C(/O)c2ccccc2)[C@@H]1c1ccc(Cl)cc1. The van der Waals surface area contributed by atoms with Crippen molar-refractivity contribution >= 4 is 35.0 Å². The Hall–Kier alpha value is -3.12. The fourth-order valence-corrected chi connectivity index (χ4v) is 3.06. The van der Waals surface area contributed by atoms with Gasteiger partial charge in [-0.05, 0) is 17.7 Å².